The van der Waals surface area contributed by atoms with Crippen molar-refractivity contribution in [3.63, 3.8) is 0 Å². The second-order valence-corrected chi connectivity index (χ2v) is 12.1. The Hall–Kier alpha value is -6.52. The van der Waals surface area contributed by atoms with Gasteiger partial charge in [-0.15, -0.1) is 0 Å². The third-order valence-corrected chi connectivity index (χ3v) is 9.51. The molecule has 0 N–H and O–H groups in total. The molecule has 0 spiro atoms. The molecule has 0 saturated carbocycles. The minimum atomic E-state index is 0.534. The van der Waals surface area contributed by atoms with Gasteiger partial charge in [0.25, 0.3) is 0 Å². The molecule has 0 bridgehead atoms. The van der Waals surface area contributed by atoms with Crippen LogP contribution in [-0.2, 0) is 0 Å². The van der Waals surface area contributed by atoms with Crippen LogP contribution < -0.4 is 0 Å². The van der Waals surface area contributed by atoms with Crippen molar-refractivity contribution in [1.29, 1.82) is 0 Å². The van der Waals surface area contributed by atoms with E-state index in [-0.39, 0.29) is 0 Å². The van der Waals surface area contributed by atoms with E-state index in [4.69, 9.17) is 0 Å². The van der Waals surface area contributed by atoms with Crippen molar-refractivity contribution in [3.8, 4) is 33.6 Å². The minimum Gasteiger partial charge on any atom is -0.309 e. The second kappa shape index (κ2) is 11.1. The summed E-state index contributed by atoms with van der Waals surface area (Å²) in [4.78, 5) is 25.0. The van der Waals surface area contributed by atoms with E-state index in [1.807, 2.05) is 36.4 Å². The topological polar surface area (TPSA) is 44.0 Å². The molecule has 0 fully saturated rings. The highest BCUT2D eigenvalue weighted by Gasteiger charge is 2.16. The third kappa shape index (κ3) is 4.24. The first-order valence-corrected chi connectivity index (χ1v) is 16.0. The Morgan fingerprint density at radius 1 is 0.354 bits per heavy atom. The summed E-state index contributed by atoms with van der Waals surface area (Å²) < 4.78 is 4.52. The Balaban J connectivity index is 1.10. The van der Waals surface area contributed by atoms with Crippen molar-refractivity contribution >= 4 is 56.2 Å². The minimum absolute atomic E-state index is 0.534. The van der Waals surface area contributed by atoms with Gasteiger partial charge >= 0.3 is 0 Å². The molecule has 226 valence electrons. The van der Waals surface area contributed by atoms with Crippen molar-refractivity contribution < 1.29 is 9.59 Å². The molecule has 0 aliphatic carbocycles. The number of para-hydroxylation sites is 4. The van der Waals surface area contributed by atoms with Gasteiger partial charge < -0.3 is 9.13 Å². The van der Waals surface area contributed by atoms with Crippen molar-refractivity contribution in [2.75, 3.05) is 0 Å². The second-order valence-electron chi connectivity index (χ2n) is 12.1. The normalized spacial score (nSPS) is 11.5. The first-order valence-electron chi connectivity index (χ1n) is 16.0. The predicted molar refractivity (Wildman–Crippen MR) is 197 cm³/mol. The molecule has 0 amide bonds. The number of carbonyl (C=O) groups is 2. The van der Waals surface area contributed by atoms with Crippen molar-refractivity contribution in [1.82, 2.24) is 9.13 Å². The standard InChI is InChI=1S/C44H28N2O2/c47-27-31-26-40(30-19-23-34(24-20-30)46-43-15-7-3-11-37(43)38-12-4-8-16-44(38)46)32(28-48)25-39(31)29-17-21-33(22-18-29)45-41-13-5-1-9-35(41)36-10-2-6-14-42(36)45/h1-28H. The summed E-state index contributed by atoms with van der Waals surface area (Å²) in [6.45, 7) is 0. The lowest BCUT2D eigenvalue weighted by atomic mass is 9.91. The molecule has 4 nitrogen and oxygen atoms in total. The zero-order valence-electron chi connectivity index (χ0n) is 25.9. The fraction of sp³-hybridized carbons (Fsp3) is 0. The van der Waals surface area contributed by atoms with Gasteiger partial charge in [0.1, 0.15) is 0 Å². The van der Waals surface area contributed by atoms with E-state index in [9.17, 15) is 9.59 Å². The molecule has 0 radical (unpaired) electrons. The van der Waals surface area contributed by atoms with Crippen LogP contribution >= 0.6 is 0 Å². The molecule has 7 aromatic carbocycles. The van der Waals surface area contributed by atoms with Gasteiger partial charge in [0.05, 0.1) is 22.1 Å². The molecule has 9 rings (SSSR count). The van der Waals surface area contributed by atoms with Gasteiger partial charge in [-0.2, -0.15) is 0 Å². The zero-order chi connectivity index (χ0) is 32.2. The fourth-order valence-electron chi connectivity index (χ4n) is 7.31. The summed E-state index contributed by atoms with van der Waals surface area (Å²) in [6.07, 6.45) is 1.75. The van der Waals surface area contributed by atoms with E-state index in [1.54, 1.807) is 0 Å². The predicted octanol–water partition coefficient (Wildman–Crippen LogP) is 10.8. The molecule has 0 aliphatic heterocycles. The molecule has 48 heavy (non-hydrogen) atoms. The zero-order valence-corrected chi connectivity index (χ0v) is 25.9. The number of aldehydes is 2. The van der Waals surface area contributed by atoms with Crippen molar-refractivity contribution in [2.45, 2.75) is 0 Å². The SMILES string of the molecule is O=Cc1cc(-c2ccc(-n3c4ccccc4c4ccccc43)cc2)c(C=O)cc1-c1ccc(-n2c3ccccc3c3ccccc32)cc1. The van der Waals surface area contributed by atoms with Gasteiger partial charge in [0.15, 0.2) is 12.6 Å². The largest absolute Gasteiger partial charge is 0.309 e. The highest BCUT2D eigenvalue weighted by Crippen LogP contribution is 2.36. The maximum Gasteiger partial charge on any atom is 0.150 e. The summed E-state index contributed by atoms with van der Waals surface area (Å²) in [7, 11) is 0. The van der Waals surface area contributed by atoms with Crippen molar-refractivity contribution in [2.24, 2.45) is 0 Å². The molecule has 0 unspecified atom stereocenters. The summed E-state index contributed by atoms with van der Waals surface area (Å²) in [6, 6.07) is 53.7. The van der Waals surface area contributed by atoms with E-state index in [1.165, 1.54) is 21.5 Å². The molecule has 2 aromatic heterocycles. The van der Waals surface area contributed by atoms with Crippen LogP contribution in [0.5, 0.6) is 0 Å². The number of hydrogen-bond donors (Lipinski definition) is 0. The van der Waals surface area contributed by atoms with Gasteiger partial charge in [-0.1, -0.05) is 97.1 Å². The van der Waals surface area contributed by atoms with Gasteiger partial charge in [0.2, 0.25) is 0 Å². The Morgan fingerprint density at radius 2 is 0.646 bits per heavy atom. The van der Waals surface area contributed by atoms with Gasteiger partial charge in [-0.25, -0.2) is 0 Å². The van der Waals surface area contributed by atoms with Crippen LogP contribution in [-0.4, -0.2) is 21.7 Å². The summed E-state index contributed by atoms with van der Waals surface area (Å²) in [5.74, 6) is 0. The van der Waals surface area contributed by atoms with E-state index < -0.39 is 0 Å². The van der Waals surface area contributed by atoms with Crippen LogP contribution in [0.15, 0.2) is 158 Å². The molecular formula is C44H28N2O2. The average Bonchev–Trinajstić information content (AvgIpc) is 3.68. The van der Waals surface area contributed by atoms with E-state index in [2.05, 4.69) is 130 Å². The Kier molecular flexibility index (Phi) is 6.41. The molecule has 0 aliphatic rings. The van der Waals surface area contributed by atoms with Gasteiger partial charge in [-0.3, -0.25) is 9.59 Å². The molecule has 0 saturated heterocycles. The van der Waals surface area contributed by atoms with Gasteiger partial charge in [0, 0.05) is 44.0 Å². The highest BCUT2D eigenvalue weighted by molar-refractivity contribution is 6.10. The van der Waals surface area contributed by atoms with Crippen LogP contribution in [0, 0.1) is 0 Å². The van der Waals surface area contributed by atoms with E-state index in [0.29, 0.717) is 11.1 Å². The number of aromatic nitrogens is 2. The Bertz CT molecular complexity index is 2400. The van der Waals surface area contributed by atoms with Crippen LogP contribution in [0.1, 0.15) is 20.7 Å². The molecule has 4 heteroatoms. The first-order chi connectivity index (χ1) is 23.7. The van der Waals surface area contributed by atoms with Crippen molar-refractivity contribution in [3.05, 3.63) is 169 Å². The monoisotopic (exact) mass is 616 g/mol. The number of carbonyl (C=O) groups excluding carboxylic acids is 2. The maximum atomic E-state index is 12.5. The smallest absolute Gasteiger partial charge is 0.150 e. The molecule has 9 aromatic rings. The number of benzene rings is 7. The lowest BCUT2D eigenvalue weighted by Gasteiger charge is -2.14. The number of fused-ring (bicyclic) bond motifs is 6. The number of hydrogen-bond acceptors (Lipinski definition) is 2. The quantitative estimate of drug-likeness (QED) is 0.175. The van der Waals surface area contributed by atoms with Crippen LogP contribution in [0.4, 0.5) is 0 Å². The van der Waals surface area contributed by atoms with E-state index >= 15 is 0 Å². The average molecular weight is 617 g/mol. The lowest BCUT2D eigenvalue weighted by Crippen LogP contribution is -1.97. The van der Waals surface area contributed by atoms with Crippen LogP contribution in [0.2, 0.25) is 0 Å². The van der Waals surface area contributed by atoms with Crippen LogP contribution in [0.25, 0.3) is 77.2 Å². The van der Waals surface area contributed by atoms with Gasteiger partial charge in [-0.05, 0) is 82.9 Å². The van der Waals surface area contributed by atoms with Crippen LogP contribution in [0.3, 0.4) is 0 Å². The Morgan fingerprint density at radius 3 is 0.938 bits per heavy atom. The lowest BCUT2D eigenvalue weighted by molar-refractivity contribution is 0.111. The highest BCUT2D eigenvalue weighted by atomic mass is 16.1. The number of rotatable bonds is 6. The third-order valence-electron chi connectivity index (χ3n) is 9.51. The fourth-order valence-corrected chi connectivity index (χ4v) is 7.31. The summed E-state index contributed by atoms with van der Waals surface area (Å²) in [5, 5.41) is 4.81. The molecule has 0 atom stereocenters. The molecular weight excluding hydrogens is 588 g/mol. The summed E-state index contributed by atoms with van der Waals surface area (Å²) >= 11 is 0. The maximum absolute atomic E-state index is 12.5. The number of nitrogens with zero attached hydrogens (tertiary/aromatic N) is 2. The molecule has 2 heterocycles. The first kappa shape index (κ1) is 27.8. The Labute approximate surface area is 276 Å². The summed E-state index contributed by atoms with van der Waals surface area (Å²) in [5.41, 5.74) is 10.9. The van der Waals surface area contributed by atoms with E-state index in [0.717, 1.165) is 68.3 Å².